The van der Waals surface area contributed by atoms with Crippen LogP contribution in [0.5, 0.6) is 11.5 Å². The minimum atomic E-state index is -0.290. The molecule has 1 N–H and O–H groups in total. The number of carbonyl (C=O) groups is 2. The summed E-state index contributed by atoms with van der Waals surface area (Å²) >= 11 is 1.26. The van der Waals surface area contributed by atoms with Crippen molar-refractivity contribution in [3.05, 3.63) is 76.2 Å². The second-order valence-corrected chi connectivity index (χ2v) is 6.25. The monoisotopic (exact) mass is 352 g/mol. The average molecular weight is 352 g/mol. The lowest BCUT2D eigenvalue weighted by Gasteiger charge is -2.10. The number of rotatable bonds is 6. The zero-order valence-electron chi connectivity index (χ0n) is 13.6. The predicted octanol–water partition coefficient (Wildman–Crippen LogP) is 3.86. The molecular weight excluding hydrogens is 336 g/mol. The van der Waals surface area contributed by atoms with Gasteiger partial charge in [-0.15, -0.1) is 11.3 Å². The Kier molecular flexibility index (Phi) is 5.20. The third-order valence-electron chi connectivity index (χ3n) is 3.54. The number of thiazole rings is 1. The Morgan fingerprint density at radius 2 is 1.92 bits per heavy atom. The number of Topliss-reactive ketones (excluding diaryl/α,β-unsaturated/α-hetero) is 1. The summed E-state index contributed by atoms with van der Waals surface area (Å²) in [5, 5.41) is 2.65. The van der Waals surface area contributed by atoms with Crippen LogP contribution < -0.4 is 10.1 Å². The highest BCUT2D eigenvalue weighted by molar-refractivity contribution is 7.11. The summed E-state index contributed by atoms with van der Waals surface area (Å²) in [5.41, 5.74) is 2.87. The van der Waals surface area contributed by atoms with E-state index in [9.17, 15) is 9.59 Å². The number of para-hydroxylation sites is 1. The first-order chi connectivity index (χ1) is 12.1. The normalized spacial score (nSPS) is 10.3. The van der Waals surface area contributed by atoms with E-state index in [0.29, 0.717) is 16.2 Å². The van der Waals surface area contributed by atoms with Gasteiger partial charge in [0.05, 0.1) is 16.9 Å². The van der Waals surface area contributed by atoms with Crippen LogP contribution in [0, 0.1) is 6.92 Å². The number of hydrogen-bond donors (Lipinski definition) is 1. The van der Waals surface area contributed by atoms with E-state index in [1.165, 1.54) is 17.5 Å². The number of benzene rings is 2. The molecule has 0 aliphatic rings. The molecule has 25 heavy (non-hydrogen) atoms. The maximum atomic E-state index is 12.3. The summed E-state index contributed by atoms with van der Waals surface area (Å²) in [4.78, 5) is 28.6. The summed E-state index contributed by atoms with van der Waals surface area (Å²) in [6, 6.07) is 14.7. The van der Waals surface area contributed by atoms with Crippen molar-refractivity contribution in [2.75, 3.05) is 6.54 Å². The van der Waals surface area contributed by atoms with Crippen molar-refractivity contribution >= 4 is 23.0 Å². The summed E-state index contributed by atoms with van der Waals surface area (Å²) < 4.78 is 5.75. The predicted molar refractivity (Wildman–Crippen MR) is 96.5 cm³/mol. The number of ether oxygens (including phenoxy) is 1. The van der Waals surface area contributed by atoms with Gasteiger partial charge < -0.3 is 10.1 Å². The van der Waals surface area contributed by atoms with E-state index in [4.69, 9.17) is 4.74 Å². The molecule has 1 heterocycles. The van der Waals surface area contributed by atoms with Crippen LogP contribution in [0.25, 0.3) is 0 Å². The van der Waals surface area contributed by atoms with E-state index in [-0.39, 0.29) is 18.2 Å². The lowest BCUT2D eigenvalue weighted by atomic mass is 10.1. The van der Waals surface area contributed by atoms with Crippen LogP contribution in [0.1, 0.15) is 25.6 Å². The van der Waals surface area contributed by atoms with E-state index < -0.39 is 0 Å². The number of nitrogens with one attached hydrogen (secondary N) is 1. The molecule has 5 nitrogen and oxygen atoms in total. The van der Waals surface area contributed by atoms with Gasteiger partial charge in [0, 0.05) is 11.8 Å². The molecule has 0 saturated heterocycles. The van der Waals surface area contributed by atoms with Gasteiger partial charge in [-0.2, -0.15) is 0 Å². The molecule has 1 amide bonds. The van der Waals surface area contributed by atoms with Crippen LogP contribution in [0.15, 0.2) is 60.2 Å². The van der Waals surface area contributed by atoms with E-state index in [0.717, 1.165) is 11.3 Å². The van der Waals surface area contributed by atoms with Gasteiger partial charge in [0.2, 0.25) is 0 Å². The molecule has 0 atom stereocenters. The highest BCUT2D eigenvalue weighted by Gasteiger charge is 2.13. The van der Waals surface area contributed by atoms with Gasteiger partial charge in [0.1, 0.15) is 11.5 Å². The molecule has 3 aromatic rings. The number of aryl methyl sites for hydroxylation is 1. The maximum absolute atomic E-state index is 12.3. The standard InChI is InChI=1S/C19H16N2O3S/c1-13-9-15(24-14-5-3-2-4-6-14)7-8-16(13)19(23)21-10-17(22)18-11-20-12-25-18/h2-9,11-12H,10H2,1H3,(H,21,23). The van der Waals surface area contributed by atoms with Crippen molar-refractivity contribution in [1.82, 2.24) is 10.3 Å². The first-order valence-corrected chi connectivity index (χ1v) is 8.55. The molecule has 126 valence electrons. The SMILES string of the molecule is Cc1cc(Oc2ccccc2)ccc1C(=O)NCC(=O)c1cncs1. The van der Waals surface area contributed by atoms with Gasteiger partial charge in [0.15, 0.2) is 5.78 Å². The minimum absolute atomic E-state index is 0.0528. The summed E-state index contributed by atoms with van der Waals surface area (Å²) in [5.74, 6) is 0.939. The lowest BCUT2D eigenvalue weighted by Crippen LogP contribution is -2.29. The molecule has 0 saturated carbocycles. The van der Waals surface area contributed by atoms with Crippen molar-refractivity contribution in [3.8, 4) is 11.5 Å². The highest BCUT2D eigenvalue weighted by Crippen LogP contribution is 2.23. The van der Waals surface area contributed by atoms with Gasteiger partial charge in [-0.1, -0.05) is 18.2 Å². The fourth-order valence-electron chi connectivity index (χ4n) is 2.28. The quantitative estimate of drug-likeness (QED) is 0.684. The average Bonchev–Trinajstić information content (AvgIpc) is 3.15. The van der Waals surface area contributed by atoms with Crippen LogP contribution in [0.2, 0.25) is 0 Å². The third-order valence-corrected chi connectivity index (χ3v) is 4.35. The number of aromatic nitrogens is 1. The zero-order valence-corrected chi connectivity index (χ0v) is 14.4. The molecule has 1 aromatic heterocycles. The minimum Gasteiger partial charge on any atom is -0.457 e. The Morgan fingerprint density at radius 3 is 2.60 bits per heavy atom. The Hall–Kier alpha value is -2.99. The number of amides is 1. The number of ketones is 1. The highest BCUT2D eigenvalue weighted by atomic mass is 32.1. The second kappa shape index (κ2) is 7.72. The Morgan fingerprint density at radius 1 is 1.12 bits per heavy atom. The molecular formula is C19H16N2O3S. The summed E-state index contributed by atoms with van der Waals surface area (Å²) in [6.45, 7) is 1.78. The van der Waals surface area contributed by atoms with Crippen LogP contribution >= 0.6 is 11.3 Å². The van der Waals surface area contributed by atoms with E-state index in [2.05, 4.69) is 10.3 Å². The third kappa shape index (κ3) is 4.30. The van der Waals surface area contributed by atoms with Gasteiger partial charge in [-0.3, -0.25) is 14.6 Å². The smallest absolute Gasteiger partial charge is 0.251 e. The molecule has 0 aliphatic carbocycles. The number of nitrogens with zero attached hydrogens (tertiary/aromatic N) is 1. The van der Waals surface area contributed by atoms with Crippen LogP contribution in [-0.4, -0.2) is 23.2 Å². The van der Waals surface area contributed by atoms with E-state index in [1.807, 2.05) is 37.3 Å². The Balaban J connectivity index is 1.64. The van der Waals surface area contributed by atoms with Crippen molar-refractivity contribution in [2.45, 2.75) is 6.92 Å². The van der Waals surface area contributed by atoms with Crippen molar-refractivity contribution in [2.24, 2.45) is 0 Å². The fourth-order valence-corrected chi connectivity index (χ4v) is 2.84. The zero-order chi connectivity index (χ0) is 17.6. The number of hydrogen-bond acceptors (Lipinski definition) is 5. The molecule has 2 aromatic carbocycles. The van der Waals surface area contributed by atoms with Gasteiger partial charge >= 0.3 is 0 Å². The van der Waals surface area contributed by atoms with Crippen molar-refractivity contribution < 1.29 is 14.3 Å². The molecule has 0 unspecified atom stereocenters. The topological polar surface area (TPSA) is 68.3 Å². The van der Waals surface area contributed by atoms with Gasteiger partial charge in [-0.25, -0.2) is 0 Å². The molecule has 0 aliphatic heterocycles. The molecule has 0 bridgehead atoms. The van der Waals surface area contributed by atoms with Gasteiger partial charge in [0.25, 0.3) is 5.91 Å². The van der Waals surface area contributed by atoms with Crippen LogP contribution in [0.4, 0.5) is 0 Å². The van der Waals surface area contributed by atoms with E-state index >= 15 is 0 Å². The summed E-state index contributed by atoms with van der Waals surface area (Å²) in [7, 11) is 0. The maximum Gasteiger partial charge on any atom is 0.251 e. The van der Waals surface area contributed by atoms with Crippen molar-refractivity contribution in [1.29, 1.82) is 0 Å². The van der Waals surface area contributed by atoms with E-state index in [1.54, 1.807) is 23.7 Å². The van der Waals surface area contributed by atoms with Crippen LogP contribution in [-0.2, 0) is 0 Å². The molecule has 6 heteroatoms. The summed E-state index contributed by atoms with van der Waals surface area (Å²) in [6.07, 6.45) is 1.50. The Bertz CT molecular complexity index is 877. The van der Waals surface area contributed by atoms with Crippen molar-refractivity contribution in [3.63, 3.8) is 0 Å². The lowest BCUT2D eigenvalue weighted by molar-refractivity contribution is 0.0905. The number of carbonyl (C=O) groups excluding carboxylic acids is 2. The molecule has 3 rings (SSSR count). The molecule has 0 fully saturated rings. The van der Waals surface area contributed by atoms with Crippen LogP contribution in [0.3, 0.4) is 0 Å². The molecule has 0 spiro atoms. The first kappa shape index (κ1) is 16.9. The Labute approximate surface area is 149 Å². The fraction of sp³-hybridized carbons (Fsp3) is 0.105. The second-order valence-electron chi connectivity index (χ2n) is 5.36. The molecule has 0 radical (unpaired) electrons. The first-order valence-electron chi connectivity index (χ1n) is 7.67. The van der Waals surface area contributed by atoms with Gasteiger partial charge in [-0.05, 0) is 42.8 Å². The largest absolute Gasteiger partial charge is 0.457 e.